The summed E-state index contributed by atoms with van der Waals surface area (Å²) in [6.07, 6.45) is 0.513. The van der Waals surface area contributed by atoms with Gasteiger partial charge in [0.1, 0.15) is 5.82 Å². The van der Waals surface area contributed by atoms with Crippen LogP contribution in [0.3, 0.4) is 0 Å². The van der Waals surface area contributed by atoms with E-state index in [1.165, 1.54) is 17.4 Å². The van der Waals surface area contributed by atoms with E-state index in [-0.39, 0.29) is 18.3 Å². The van der Waals surface area contributed by atoms with Crippen LogP contribution in [0.1, 0.15) is 26.5 Å². The van der Waals surface area contributed by atoms with Crippen LogP contribution < -0.4 is 5.32 Å². The van der Waals surface area contributed by atoms with E-state index in [0.717, 1.165) is 5.69 Å². The number of halogens is 1. The maximum Gasteiger partial charge on any atom is 0.311 e. The maximum atomic E-state index is 13.9. The highest BCUT2D eigenvalue weighted by Crippen LogP contribution is 2.23. The van der Waals surface area contributed by atoms with E-state index in [1.54, 1.807) is 43.5 Å². The molecule has 148 valence electrons. The van der Waals surface area contributed by atoms with Gasteiger partial charge in [-0.15, -0.1) is 16.4 Å². The van der Waals surface area contributed by atoms with E-state index in [9.17, 15) is 14.0 Å². The second kappa shape index (κ2) is 8.05. The molecule has 1 aromatic carbocycles. The van der Waals surface area contributed by atoms with Crippen LogP contribution in [0.5, 0.6) is 0 Å². The number of ether oxygens (including phenoxy) is 1. The lowest BCUT2D eigenvalue weighted by Gasteiger charge is -2.16. The standard InChI is InChI=1S/C19H21FN4O3S/c1-19(2,3)17(26)27-10-15(25)21-9-8-12-11-28-18-22-16(23-24(12)18)13-6-4-5-7-14(13)20/h4-7,11H,8-10H2,1-3H3,(H,21,25). The zero-order valence-corrected chi connectivity index (χ0v) is 16.7. The average Bonchev–Trinajstić information content (AvgIpc) is 3.21. The molecular formula is C19H21FN4O3S. The highest BCUT2D eigenvalue weighted by atomic mass is 32.1. The molecule has 0 radical (unpaired) electrons. The van der Waals surface area contributed by atoms with Crippen molar-refractivity contribution in [2.75, 3.05) is 13.2 Å². The van der Waals surface area contributed by atoms with Gasteiger partial charge in [0.25, 0.3) is 5.91 Å². The van der Waals surface area contributed by atoms with E-state index in [0.29, 0.717) is 29.3 Å². The summed E-state index contributed by atoms with van der Waals surface area (Å²) in [6.45, 7) is 5.22. The molecule has 3 rings (SSSR count). The van der Waals surface area contributed by atoms with Gasteiger partial charge in [-0.2, -0.15) is 4.98 Å². The van der Waals surface area contributed by atoms with Gasteiger partial charge in [0.05, 0.1) is 16.7 Å². The number of carbonyl (C=O) groups excluding carboxylic acids is 2. The van der Waals surface area contributed by atoms with Crippen molar-refractivity contribution >= 4 is 28.2 Å². The van der Waals surface area contributed by atoms with Crippen molar-refractivity contribution in [3.63, 3.8) is 0 Å². The summed E-state index contributed by atoms with van der Waals surface area (Å²) in [7, 11) is 0. The van der Waals surface area contributed by atoms with Crippen molar-refractivity contribution in [2.45, 2.75) is 27.2 Å². The van der Waals surface area contributed by atoms with Crippen LogP contribution >= 0.6 is 11.3 Å². The lowest BCUT2D eigenvalue weighted by molar-refractivity contribution is -0.156. The van der Waals surface area contributed by atoms with E-state index in [4.69, 9.17) is 4.74 Å². The maximum absolute atomic E-state index is 13.9. The minimum Gasteiger partial charge on any atom is -0.455 e. The summed E-state index contributed by atoms with van der Waals surface area (Å²) in [4.78, 5) is 28.5. The Bertz CT molecular complexity index is 1010. The molecule has 0 spiro atoms. The predicted molar refractivity (Wildman–Crippen MR) is 103 cm³/mol. The van der Waals surface area contributed by atoms with Crippen molar-refractivity contribution in [3.8, 4) is 11.4 Å². The Hall–Kier alpha value is -2.81. The summed E-state index contributed by atoms with van der Waals surface area (Å²) in [5, 5.41) is 8.98. The molecule has 0 unspecified atom stereocenters. The zero-order chi connectivity index (χ0) is 20.3. The predicted octanol–water partition coefficient (Wildman–Crippen LogP) is 2.84. The number of esters is 1. The highest BCUT2D eigenvalue weighted by molar-refractivity contribution is 7.15. The zero-order valence-electron chi connectivity index (χ0n) is 15.9. The van der Waals surface area contributed by atoms with E-state index >= 15 is 0 Å². The topological polar surface area (TPSA) is 85.6 Å². The Balaban J connectivity index is 1.57. The molecule has 1 N–H and O–H groups in total. The van der Waals surface area contributed by atoms with E-state index < -0.39 is 11.4 Å². The SMILES string of the molecule is CC(C)(C)C(=O)OCC(=O)NCCc1csc2nc(-c3ccccc3F)nn12. The molecule has 0 atom stereocenters. The number of aromatic nitrogens is 3. The Kier molecular flexibility index (Phi) is 5.73. The third-order valence-electron chi connectivity index (χ3n) is 3.91. The van der Waals surface area contributed by atoms with Gasteiger partial charge in [-0.25, -0.2) is 8.91 Å². The van der Waals surface area contributed by atoms with E-state index in [1.807, 2.05) is 5.38 Å². The van der Waals surface area contributed by atoms with Crippen LogP contribution in [0.15, 0.2) is 29.6 Å². The highest BCUT2D eigenvalue weighted by Gasteiger charge is 2.23. The third kappa shape index (κ3) is 4.53. The molecule has 3 aromatic rings. The van der Waals surface area contributed by atoms with Crippen molar-refractivity contribution < 1.29 is 18.7 Å². The first-order valence-electron chi connectivity index (χ1n) is 8.77. The normalized spacial score (nSPS) is 11.6. The van der Waals surface area contributed by atoms with Crippen LogP contribution in [0, 0.1) is 11.2 Å². The molecule has 0 aliphatic heterocycles. The van der Waals surface area contributed by atoms with E-state index in [2.05, 4.69) is 15.4 Å². The Morgan fingerprint density at radius 2 is 2.04 bits per heavy atom. The number of fused-ring (bicyclic) bond motifs is 1. The fourth-order valence-corrected chi connectivity index (χ4v) is 3.24. The van der Waals surface area contributed by atoms with Gasteiger partial charge in [0.15, 0.2) is 12.4 Å². The molecule has 28 heavy (non-hydrogen) atoms. The molecule has 0 fully saturated rings. The monoisotopic (exact) mass is 404 g/mol. The molecule has 0 saturated carbocycles. The van der Waals surface area contributed by atoms with Gasteiger partial charge < -0.3 is 10.1 Å². The number of hydrogen-bond acceptors (Lipinski definition) is 6. The lowest BCUT2D eigenvalue weighted by Crippen LogP contribution is -2.33. The van der Waals surface area contributed by atoms with Crippen LogP contribution in [0.4, 0.5) is 4.39 Å². The summed E-state index contributed by atoms with van der Waals surface area (Å²) in [5.41, 5.74) is 0.548. The molecule has 0 aliphatic rings. The molecule has 7 nitrogen and oxygen atoms in total. The van der Waals surface area contributed by atoms with Gasteiger partial charge >= 0.3 is 5.97 Å². The number of nitrogens with one attached hydrogen (secondary N) is 1. The van der Waals surface area contributed by atoms with Crippen molar-refractivity contribution in [1.29, 1.82) is 0 Å². The second-order valence-corrected chi connectivity index (χ2v) is 8.10. The van der Waals surface area contributed by atoms with Crippen molar-refractivity contribution in [3.05, 3.63) is 41.2 Å². The molecule has 1 amide bonds. The summed E-state index contributed by atoms with van der Waals surface area (Å²) >= 11 is 1.40. The molecular weight excluding hydrogens is 383 g/mol. The molecule has 0 aliphatic carbocycles. The number of rotatable bonds is 6. The van der Waals surface area contributed by atoms with Crippen molar-refractivity contribution in [1.82, 2.24) is 19.9 Å². The average molecular weight is 404 g/mol. The van der Waals surface area contributed by atoms with Crippen LogP contribution in [0.25, 0.3) is 16.3 Å². The van der Waals surface area contributed by atoms with Gasteiger partial charge in [-0.3, -0.25) is 9.59 Å². The summed E-state index contributed by atoms with van der Waals surface area (Å²) in [5.74, 6) is -0.844. The smallest absolute Gasteiger partial charge is 0.311 e. The fourth-order valence-electron chi connectivity index (χ4n) is 2.38. The Morgan fingerprint density at radius 1 is 1.29 bits per heavy atom. The largest absolute Gasteiger partial charge is 0.455 e. The Labute approximate surface area is 165 Å². The Morgan fingerprint density at radius 3 is 2.75 bits per heavy atom. The number of thiazole rings is 1. The van der Waals surface area contributed by atoms with Crippen LogP contribution in [-0.2, 0) is 20.7 Å². The third-order valence-corrected chi connectivity index (χ3v) is 4.78. The number of amides is 1. The molecule has 0 saturated heterocycles. The first kappa shape index (κ1) is 19.9. The van der Waals surface area contributed by atoms with Gasteiger partial charge in [0.2, 0.25) is 4.96 Å². The van der Waals surface area contributed by atoms with Gasteiger partial charge in [-0.05, 0) is 32.9 Å². The van der Waals surface area contributed by atoms with Crippen molar-refractivity contribution in [2.24, 2.45) is 5.41 Å². The fraction of sp³-hybridized carbons (Fsp3) is 0.368. The summed E-state index contributed by atoms with van der Waals surface area (Å²) < 4.78 is 20.6. The summed E-state index contributed by atoms with van der Waals surface area (Å²) in [6, 6.07) is 6.35. The number of carbonyl (C=O) groups is 2. The molecule has 0 bridgehead atoms. The minimum atomic E-state index is -0.647. The first-order valence-corrected chi connectivity index (χ1v) is 9.65. The van der Waals surface area contributed by atoms with Crippen LogP contribution in [-0.4, -0.2) is 39.6 Å². The number of hydrogen-bond donors (Lipinski definition) is 1. The number of benzene rings is 1. The number of nitrogens with zero attached hydrogens (tertiary/aromatic N) is 3. The second-order valence-electron chi connectivity index (χ2n) is 7.26. The van der Waals surface area contributed by atoms with Gasteiger partial charge in [-0.1, -0.05) is 12.1 Å². The first-order chi connectivity index (χ1) is 13.3. The van der Waals surface area contributed by atoms with Crippen LogP contribution in [0.2, 0.25) is 0 Å². The quantitative estimate of drug-likeness (QED) is 0.639. The molecule has 9 heteroatoms. The lowest BCUT2D eigenvalue weighted by atomic mass is 9.97. The molecule has 2 aromatic heterocycles. The molecule has 2 heterocycles. The minimum absolute atomic E-state index is 0.310. The van der Waals surface area contributed by atoms with Gasteiger partial charge in [0, 0.05) is 18.3 Å².